The Kier molecular flexibility index (Phi) is 5.17. The van der Waals surface area contributed by atoms with E-state index in [1.54, 1.807) is 48.5 Å². The van der Waals surface area contributed by atoms with Crippen LogP contribution in [0.5, 0.6) is 0 Å². The largest absolute Gasteiger partial charge is 0.352 e. The van der Waals surface area contributed by atoms with Gasteiger partial charge >= 0.3 is 0 Å². The van der Waals surface area contributed by atoms with Crippen molar-refractivity contribution in [1.82, 2.24) is 0 Å². The molecule has 0 saturated carbocycles. The van der Waals surface area contributed by atoms with Gasteiger partial charge in [0.2, 0.25) is 5.78 Å². The smallest absolute Gasteiger partial charge is 0.209 e. The Morgan fingerprint density at radius 1 is 0.640 bits per heavy atom. The van der Waals surface area contributed by atoms with Gasteiger partial charge in [-0.15, -0.1) is 0 Å². The molecule has 0 aliphatic heterocycles. The molecule has 3 rings (SSSR count). The van der Waals surface area contributed by atoms with Gasteiger partial charge in [-0.05, 0) is 12.1 Å². The number of hydrogen-bond acceptors (Lipinski definition) is 3. The third-order valence-corrected chi connectivity index (χ3v) is 3.67. The third kappa shape index (κ3) is 4.30. The molecule has 0 aliphatic rings. The highest BCUT2D eigenvalue weighted by molar-refractivity contribution is 6.16. The topological polar surface area (TPSA) is 46.2 Å². The van der Waals surface area contributed by atoms with Crippen LogP contribution in [0.15, 0.2) is 103 Å². The van der Waals surface area contributed by atoms with Gasteiger partial charge < -0.3 is 5.32 Å². The second-order valence-corrected chi connectivity index (χ2v) is 5.47. The summed E-state index contributed by atoms with van der Waals surface area (Å²) in [6, 6.07) is 27.1. The number of carbonyl (C=O) groups is 2. The molecule has 0 amide bonds. The second-order valence-electron chi connectivity index (χ2n) is 5.47. The predicted molar refractivity (Wildman–Crippen MR) is 99.7 cm³/mol. The Labute approximate surface area is 146 Å². The molecule has 3 nitrogen and oxygen atoms in total. The van der Waals surface area contributed by atoms with Crippen LogP contribution in [-0.4, -0.2) is 11.6 Å². The van der Waals surface area contributed by atoms with Gasteiger partial charge in [0.15, 0.2) is 5.78 Å². The van der Waals surface area contributed by atoms with Crippen molar-refractivity contribution in [1.29, 1.82) is 0 Å². The number of hydrogen-bond donors (Lipinski definition) is 1. The lowest BCUT2D eigenvalue weighted by molar-refractivity contribution is 0.101. The molecule has 0 heterocycles. The van der Waals surface area contributed by atoms with Crippen molar-refractivity contribution in [2.45, 2.75) is 0 Å². The molecule has 0 fully saturated rings. The van der Waals surface area contributed by atoms with E-state index in [1.165, 1.54) is 6.08 Å². The van der Waals surface area contributed by atoms with Gasteiger partial charge in [0, 0.05) is 22.9 Å². The summed E-state index contributed by atoms with van der Waals surface area (Å²) in [6.07, 6.45) is 1.36. The summed E-state index contributed by atoms with van der Waals surface area (Å²) in [7, 11) is 0. The molecule has 3 aromatic carbocycles. The number of rotatable bonds is 6. The maximum atomic E-state index is 12.8. The average Bonchev–Trinajstić information content (AvgIpc) is 2.69. The minimum atomic E-state index is -0.228. The summed E-state index contributed by atoms with van der Waals surface area (Å²) < 4.78 is 0. The van der Waals surface area contributed by atoms with Crippen molar-refractivity contribution in [3.8, 4) is 0 Å². The summed E-state index contributed by atoms with van der Waals surface area (Å²) in [5.41, 5.74) is 2.05. The van der Waals surface area contributed by atoms with Gasteiger partial charge in [-0.3, -0.25) is 9.59 Å². The fourth-order valence-electron chi connectivity index (χ4n) is 2.40. The molecule has 0 atom stereocenters. The number of ketones is 2. The molecular formula is C22H17NO2. The monoisotopic (exact) mass is 327 g/mol. The van der Waals surface area contributed by atoms with E-state index in [-0.39, 0.29) is 17.3 Å². The molecule has 0 unspecified atom stereocenters. The van der Waals surface area contributed by atoms with E-state index in [0.29, 0.717) is 11.1 Å². The minimum absolute atomic E-state index is 0.219. The minimum Gasteiger partial charge on any atom is -0.352 e. The fraction of sp³-hybridized carbons (Fsp3) is 0. The Morgan fingerprint density at radius 3 is 1.68 bits per heavy atom. The van der Waals surface area contributed by atoms with Crippen molar-refractivity contribution in [3.63, 3.8) is 0 Å². The SMILES string of the molecule is O=C(C=C(Nc1ccccc1)C(=O)c1ccccc1)c1ccccc1. The standard InChI is InChI=1S/C22H17NO2/c24-21(17-10-4-1-5-11-17)16-20(23-19-14-8-3-9-15-19)22(25)18-12-6-2-7-13-18/h1-16,23H. The Balaban J connectivity index is 1.95. The maximum Gasteiger partial charge on any atom is 0.209 e. The first-order valence-electron chi connectivity index (χ1n) is 7.97. The number of benzene rings is 3. The van der Waals surface area contributed by atoms with Gasteiger partial charge in [0.05, 0.1) is 5.70 Å². The normalized spacial score (nSPS) is 11.0. The molecule has 0 aromatic heterocycles. The average molecular weight is 327 g/mol. The van der Waals surface area contributed by atoms with Crippen LogP contribution in [0.3, 0.4) is 0 Å². The summed E-state index contributed by atoms with van der Waals surface area (Å²) >= 11 is 0. The Bertz CT molecular complexity index is 885. The van der Waals surface area contributed by atoms with Crippen molar-refractivity contribution in [2.24, 2.45) is 0 Å². The van der Waals surface area contributed by atoms with Gasteiger partial charge in [-0.2, -0.15) is 0 Å². The van der Waals surface area contributed by atoms with Crippen LogP contribution in [0.1, 0.15) is 20.7 Å². The number of carbonyl (C=O) groups excluding carboxylic acids is 2. The summed E-state index contributed by atoms with van der Waals surface area (Å²) in [5.74, 6) is -0.447. The molecule has 0 saturated heterocycles. The Morgan fingerprint density at radius 2 is 1.12 bits per heavy atom. The van der Waals surface area contributed by atoms with E-state index in [4.69, 9.17) is 0 Å². The molecule has 0 bridgehead atoms. The van der Waals surface area contributed by atoms with Crippen molar-refractivity contribution in [2.75, 3.05) is 5.32 Å². The molecule has 1 N–H and O–H groups in total. The van der Waals surface area contributed by atoms with E-state index in [1.807, 2.05) is 42.5 Å². The number of Topliss-reactive ketones (excluding diaryl/α,β-unsaturated/α-hetero) is 1. The molecule has 0 aliphatic carbocycles. The maximum absolute atomic E-state index is 12.8. The lowest BCUT2D eigenvalue weighted by atomic mass is 10.0. The van der Waals surface area contributed by atoms with Crippen molar-refractivity contribution < 1.29 is 9.59 Å². The van der Waals surface area contributed by atoms with Crippen LogP contribution in [-0.2, 0) is 0 Å². The van der Waals surface area contributed by atoms with Gasteiger partial charge in [-0.1, -0.05) is 78.9 Å². The van der Waals surface area contributed by atoms with Crippen molar-refractivity contribution >= 4 is 17.3 Å². The highest BCUT2D eigenvalue weighted by Crippen LogP contribution is 2.15. The van der Waals surface area contributed by atoms with Crippen LogP contribution in [0, 0.1) is 0 Å². The zero-order valence-electron chi connectivity index (χ0n) is 13.6. The summed E-state index contributed by atoms with van der Waals surface area (Å²) in [4.78, 5) is 25.3. The first-order valence-corrected chi connectivity index (χ1v) is 7.97. The molecule has 122 valence electrons. The molecule has 0 spiro atoms. The summed E-state index contributed by atoms with van der Waals surface area (Å²) in [5, 5.41) is 3.07. The fourth-order valence-corrected chi connectivity index (χ4v) is 2.40. The van der Waals surface area contributed by atoms with E-state index >= 15 is 0 Å². The Hall–Kier alpha value is -3.46. The molecule has 3 heteroatoms. The quantitative estimate of drug-likeness (QED) is 0.525. The number of anilines is 1. The van der Waals surface area contributed by atoms with Crippen LogP contribution < -0.4 is 5.32 Å². The first-order chi connectivity index (χ1) is 12.2. The van der Waals surface area contributed by atoms with E-state index in [9.17, 15) is 9.59 Å². The second kappa shape index (κ2) is 7.88. The van der Waals surface area contributed by atoms with Crippen molar-refractivity contribution in [3.05, 3.63) is 114 Å². The predicted octanol–water partition coefficient (Wildman–Crippen LogP) is 4.75. The lowest BCUT2D eigenvalue weighted by Crippen LogP contribution is -2.14. The third-order valence-electron chi connectivity index (χ3n) is 3.67. The van der Waals surface area contributed by atoms with Crippen LogP contribution in [0.4, 0.5) is 5.69 Å². The van der Waals surface area contributed by atoms with Gasteiger partial charge in [-0.25, -0.2) is 0 Å². The molecular weight excluding hydrogens is 310 g/mol. The molecule has 25 heavy (non-hydrogen) atoms. The van der Waals surface area contributed by atoms with E-state index in [0.717, 1.165) is 5.69 Å². The van der Waals surface area contributed by atoms with Crippen LogP contribution >= 0.6 is 0 Å². The first kappa shape index (κ1) is 16.4. The van der Waals surface area contributed by atoms with Gasteiger partial charge in [0.25, 0.3) is 0 Å². The van der Waals surface area contributed by atoms with E-state index in [2.05, 4.69) is 5.32 Å². The molecule has 0 radical (unpaired) electrons. The zero-order valence-corrected chi connectivity index (χ0v) is 13.6. The number of para-hydroxylation sites is 1. The van der Waals surface area contributed by atoms with Crippen LogP contribution in [0.25, 0.3) is 0 Å². The lowest BCUT2D eigenvalue weighted by Gasteiger charge is -2.10. The summed E-state index contributed by atoms with van der Waals surface area (Å²) in [6.45, 7) is 0. The zero-order chi connectivity index (χ0) is 17.5. The number of allylic oxidation sites excluding steroid dienone is 2. The molecule has 3 aromatic rings. The van der Waals surface area contributed by atoms with Crippen LogP contribution in [0.2, 0.25) is 0 Å². The van der Waals surface area contributed by atoms with E-state index < -0.39 is 0 Å². The highest BCUT2D eigenvalue weighted by Gasteiger charge is 2.15. The highest BCUT2D eigenvalue weighted by atomic mass is 16.1. The number of nitrogens with one attached hydrogen (secondary N) is 1. The van der Waals surface area contributed by atoms with Gasteiger partial charge in [0.1, 0.15) is 0 Å².